The van der Waals surface area contributed by atoms with Gasteiger partial charge in [0.2, 0.25) is 0 Å². The van der Waals surface area contributed by atoms with Crippen molar-refractivity contribution in [1.29, 1.82) is 0 Å². The minimum Gasteiger partial charge on any atom is -0.489 e. The lowest BCUT2D eigenvalue weighted by molar-refractivity contribution is 0.0927. The quantitative estimate of drug-likeness (QED) is 0.256. The molecule has 1 amide bonds. The van der Waals surface area contributed by atoms with Crippen LogP contribution in [0.5, 0.6) is 5.75 Å². The topological polar surface area (TPSA) is 50.7 Å². The van der Waals surface area contributed by atoms with E-state index in [0.29, 0.717) is 6.04 Å². The van der Waals surface area contributed by atoms with E-state index in [0.717, 1.165) is 61.1 Å². The second kappa shape index (κ2) is 11.2. The van der Waals surface area contributed by atoms with Crippen molar-refractivity contribution < 1.29 is 9.53 Å². The normalized spacial score (nSPS) is 17.0. The second-order valence-electron chi connectivity index (χ2n) is 8.94. The van der Waals surface area contributed by atoms with Crippen LogP contribution in [-0.2, 0) is 12.8 Å². The van der Waals surface area contributed by atoms with E-state index in [-0.39, 0.29) is 12.0 Å². The molecule has 0 aliphatic heterocycles. The number of carbonyl (C=O) groups is 1. The number of aliphatic imine (C=N–C) groups is 1. The minimum absolute atomic E-state index is 0.0771. The smallest absolute Gasteiger partial charge is 0.254 e. The summed E-state index contributed by atoms with van der Waals surface area (Å²) in [5.74, 6) is 1.01. The summed E-state index contributed by atoms with van der Waals surface area (Å²) in [5, 5.41) is 4.19. The molecule has 4 rings (SSSR count). The Balaban J connectivity index is 1.61. The number of nitrogens with zero attached hydrogens (tertiary/aromatic N) is 1. The standard InChI is InChI=1S/C25H30I2N2O2S/c1-15(2)31-23-19(26)12-16(13-20(23)27)14-28-25-22(18-10-6-7-11-21(18)32-25)24(30)29-17-8-4-3-5-9-17/h12-15,17H,3-11H2,1-2H3,(H,29,30). The lowest BCUT2D eigenvalue weighted by atomic mass is 9.93. The third-order valence-corrected chi connectivity index (χ3v) is 8.83. The number of aryl methyl sites for hydroxylation is 1. The number of hydrogen-bond donors (Lipinski definition) is 1. The fourth-order valence-corrected chi connectivity index (χ4v) is 7.82. The molecule has 2 aromatic rings. The van der Waals surface area contributed by atoms with Crippen LogP contribution in [0.2, 0.25) is 0 Å². The predicted octanol–water partition coefficient (Wildman–Crippen LogP) is 7.44. The molecule has 0 unspecified atom stereocenters. The molecule has 32 heavy (non-hydrogen) atoms. The van der Waals surface area contributed by atoms with Crippen LogP contribution in [0.1, 0.15) is 85.2 Å². The van der Waals surface area contributed by atoms with Gasteiger partial charge in [-0.2, -0.15) is 0 Å². The van der Waals surface area contributed by atoms with Gasteiger partial charge in [0.25, 0.3) is 5.91 Å². The summed E-state index contributed by atoms with van der Waals surface area (Å²) in [6.07, 6.45) is 12.4. The maximum atomic E-state index is 13.3. The zero-order chi connectivity index (χ0) is 22.7. The Bertz CT molecular complexity index is 987. The summed E-state index contributed by atoms with van der Waals surface area (Å²) in [6, 6.07) is 4.50. The first kappa shape index (κ1) is 24.4. The van der Waals surface area contributed by atoms with Crippen LogP contribution < -0.4 is 10.1 Å². The first-order valence-corrected chi connectivity index (χ1v) is 14.5. The highest BCUT2D eigenvalue weighted by atomic mass is 127. The SMILES string of the molecule is CC(C)Oc1c(I)cc(C=Nc2sc3c(c2C(=O)NC2CCCCC2)CCCC3)cc1I. The van der Waals surface area contributed by atoms with Crippen LogP contribution in [0.3, 0.4) is 0 Å². The number of ether oxygens (including phenoxy) is 1. The molecule has 1 N–H and O–H groups in total. The van der Waals surface area contributed by atoms with Gasteiger partial charge < -0.3 is 10.1 Å². The summed E-state index contributed by atoms with van der Waals surface area (Å²) in [5.41, 5.74) is 3.10. The monoisotopic (exact) mass is 676 g/mol. The number of nitrogens with one attached hydrogen (secondary N) is 1. The number of halogens is 2. The van der Waals surface area contributed by atoms with Crippen LogP contribution in [0.4, 0.5) is 5.00 Å². The van der Waals surface area contributed by atoms with Gasteiger partial charge in [-0.3, -0.25) is 4.79 Å². The van der Waals surface area contributed by atoms with Crippen molar-refractivity contribution in [3.05, 3.63) is 40.8 Å². The highest BCUT2D eigenvalue weighted by Crippen LogP contribution is 2.40. The molecule has 0 bridgehead atoms. The number of benzene rings is 1. The molecule has 0 radical (unpaired) electrons. The highest BCUT2D eigenvalue weighted by Gasteiger charge is 2.27. The number of rotatable bonds is 6. The van der Waals surface area contributed by atoms with Crippen LogP contribution in [0, 0.1) is 7.14 Å². The molecule has 0 saturated heterocycles. The fraction of sp³-hybridized carbons (Fsp3) is 0.520. The van der Waals surface area contributed by atoms with Gasteiger partial charge in [-0.25, -0.2) is 4.99 Å². The molecule has 2 aliphatic carbocycles. The Morgan fingerprint density at radius 1 is 1.12 bits per heavy atom. The van der Waals surface area contributed by atoms with Gasteiger partial charge in [-0.1, -0.05) is 19.3 Å². The Labute approximate surface area is 222 Å². The summed E-state index contributed by atoms with van der Waals surface area (Å²) in [4.78, 5) is 19.5. The second-order valence-corrected chi connectivity index (χ2v) is 12.3. The molecule has 1 saturated carbocycles. The van der Waals surface area contributed by atoms with Crippen molar-refractivity contribution in [2.24, 2.45) is 4.99 Å². The van der Waals surface area contributed by atoms with Gasteiger partial charge >= 0.3 is 0 Å². The minimum atomic E-state index is 0.0771. The molecule has 1 heterocycles. The number of amides is 1. The summed E-state index contributed by atoms with van der Waals surface area (Å²) < 4.78 is 8.11. The zero-order valence-electron chi connectivity index (χ0n) is 18.7. The first-order chi connectivity index (χ1) is 15.4. The van der Waals surface area contributed by atoms with E-state index >= 15 is 0 Å². The van der Waals surface area contributed by atoms with E-state index < -0.39 is 0 Å². The summed E-state index contributed by atoms with van der Waals surface area (Å²) in [7, 11) is 0. The van der Waals surface area contributed by atoms with E-state index in [9.17, 15) is 4.79 Å². The van der Waals surface area contributed by atoms with E-state index in [1.807, 2.05) is 20.1 Å². The average molecular weight is 676 g/mol. The van der Waals surface area contributed by atoms with Crippen molar-refractivity contribution >= 4 is 73.6 Å². The molecule has 4 nitrogen and oxygen atoms in total. The average Bonchev–Trinajstić information content (AvgIpc) is 3.14. The van der Waals surface area contributed by atoms with Crippen LogP contribution in [0.25, 0.3) is 0 Å². The van der Waals surface area contributed by atoms with Crippen molar-refractivity contribution in [2.75, 3.05) is 0 Å². The number of hydrogen-bond acceptors (Lipinski definition) is 4. The molecule has 1 fully saturated rings. The van der Waals surface area contributed by atoms with Gasteiger partial charge in [-0.15, -0.1) is 11.3 Å². The predicted molar refractivity (Wildman–Crippen MR) is 150 cm³/mol. The number of thiophene rings is 1. The van der Waals surface area contributed by atoms with Crippen LogP contribution >= 0.6 is 56.5 Å². The Morgan fingerprint density at radius 2 is 1.81 bits per heavy atom. The number of fused-ring (bicyclic) bond motifs is 1. The molecule has 1 aromatic heterocycles. The molecule has 0 atom stereocenters. The Morgan fingerprint density at radius 3 is 2.50 bits per heavy atom. The third kappa shape index (κ3) is 5.87. The molecular formula is C25H30I2N2O2S. The molecule has 0 spiro atoms. The van der Waals surface area contributed by atoms with E-state index in [1.54, 1.807) is 11.3 Å². The van der Waals surface area contributed by atoms with Crippen LogP contribution in [0.15, 0.2) is 17.1 Å². The lowest BCUT2D eigenvalue weighted by Gasteiger charge is -2.23. The first-order valence-electron chi connectivity index (χ1n) is 11.6. The summed E-state index contributed by atoms with van der Waals surface area (Å²) >= 11 is 6.35. The largest absolute Gasteiger partial charge is 0.489 e. The molecule has 172 valence electrons. The maximum absolute atomic E-state index is 13.3. The van der Waals surface area contributed by atoms with Crippen molar-refractivity contribution in [1.82, 2.24) is 5.32 Å². The fourth-order valence-electron chi connectivity index (χ4n) is 4.52. The molecular weight excluding hydrogens is 646 g/mol. The van der Waals surface area contributed by atoms with Gasteiger partial charge in [0.05, 0.1) is 18.8 Å². The van der Waals surface area contributed by atoms with E-state index in [4.69, 9.17) is 9.73 Å². The Kier molecular flexibility index (Phi) is 8.53. The molecule has 2 aliphatic rings. The third-order valence-electron chi connectivity index (χ3n) is 6.03. The van der Waals surface area contributed by atoms with Gasteiger partial charge in [0, 0.05) is 17.1 Å². The van der Waals surface area contributed by atoms with Gasteiger partial charge in [-0.05, 0) is 121 Å². The summed E-state index contributed by atoms with van der Waals surface area (Å²) in [6.45, 7) is 4.08. The Hall–Kier alpha value is -0.680. The molecule has 7 heteroatoms. The van der Waals surface area contributed by atoms with Gasteiger partial charge in [0.15, 0.2) is 0 Å². The molecule has 1 aromatic carbocycles. The van der Waals surface area contributed by atoms with Gasteiger partial charge in [0.1, 0.15) is 10.8 Å². The van der Waals surface area contributed by atoms with E-state index in [1.165, 1.54) is 36.1 Å². The van der Waals surface area contributed by atoms with Crippen molar-refractivity contribution in [2.45, 2.75) is 83.8 Å². The van der Waals surface area contributed by atoms with E-state index in [2.05, 4.69) is 62.6 Å². The maximum Gasteiger partial charge on any atom is 0.254 e. The number of carbonyl (C=O) groups excluding carboxylic acids is 1. The highest BCUT2D eigenvalue weighted by molar-refractivity contribution is 14.1. The van der Waals surface area contributed by atoms with Crippen molar-refractivity contribution in [3.8, 4) is 5.75 Å². The lowest BCUT2D eigenvalue weighted by Crippen LogP contribution is -2.36. The van der Waals surface area contributed by atoms with Crippen LogP contribution in [-0.4, -0.2) is 24.3 Å². The van der Waals surface area contributed by atoms with Crippen molar-refractivity contribution in [3.63, 3.8) is 0 Å². The zero-order valence-corrected chi connectivity index (χ0v) is 23.8.